The minimum atomic E-state index is -0.883. The van der Waals surface area contributed by atoms with Gasteiger partial charge in [0.2, 0.25) is 5.91 Å². The van der Waals surface area contributed by atoms with Gasteiger partial charge in [0.25, 0.3) is 0 Å². The summed E-state index contributed by atoms with van der Waals surface area (Å²) in [7, 11) is 0. The number of aryl methyl sites for hydroxylation is 1. The zero-order valence-corrected chi connectivity index (χ0v) is 22.8. The number of nitrogens with two attached hydrogens (primary N) is 1. The van der Waals surface area contributed by atoms with Crippen LogP contribution in [0.25, 0.3) is 21.9 Å². The predicted octanol–water partition coefficient (Wildman–Crippen LogP) is 5.82. The molecule has 0 bridgehead atoms. The van der Waals surface area contributed by atoms with Crippen molar-refractivity contribution in [2.75, 3.05) is 18.8 Å². The molecule has 7 nitrogen and oxygen atoms in total. The molecule has 1 aliphatic heterocycles. The zero-order chi connectivity index (χ0) is 28.0. The Kier molecular flexibility index (Phi) is 6.45. The smallest absolute Gasteiger partial charge is 0.307 e. The monoisotopic (exact) mass is 535 g/mol. The van der Waals surface area contributed by atoms with Crippen LogP contribution in [-0.2, 0) is 21.4 Å². The third-order valence-corrected chi connectivity index (χ3v) is 8.81. The Balaban J connectivity index is 1.42. The Morgan fingerprint density at radius 2 is 1.82 bits per heavy atom. The number of carboxylic acid groups (broad SMARTS) is 1. The summed E-state index contributed by atoms with van der Waals surface area (Å²) >= 11 is 0. The van der Waals surface area contributed by atoms with Gasteiger partial charge in [0.1, 0.15) is 17.7 Å². The van der Waals surface area contributed by atoms with Crippen LogP contribution in [0.2, 0.25) is 0 Å². The maximum atomic E-state index is 12.1. The Morgan fingerprint density at radius 3 is 2.58 bits per heavy atom. The third kappa shape index (κ3) is 4.55. The van der Waals surface area contributed by atoms with Crippen molar-refractivity contribution < 1.29 is 19.4 Å². The molecule has 3 N–H and O–H groups in total. The van der Waals surface area contributed by atoms with Crippen LogP contribution in [0.1, 0.15) is 54.5 Å². The number of likely N-dealkylation sites (tertiary alicyclic amines) is 1. The minimum absolute atomic E-state index is 0.0904. The van der Waals surface area contributed by atoms with Crippen LogP contribution in [0.4, 0.5) is 5.82 Å². The minimum Gasteiger partial charge on any atom is -0.485 e. The molecule has 2 heterocycles. The molecule has 3 aromatic carbocycles. The number of carbonyl (C=O) groups excluding carboxylic acids is 1. The first-order valence-electron chi connectivity index (χ1n) is 13.8. The summed E-state index contributed by atoms with van der Waals surface area (Å²) in [6.07, 6.45) is 3.91. The van der Waals surface area contributed by atoms with Crippen molar-refractivity contribution in [2.45, 2.75) is 51.0 Å². The summed E-state index contributed by atoms with van der Waals surface area (Å²) in [6, 6.07) is 20.5. The van der Waals surface area contributed by atoms with Crippen LogP contribution >= 0.6 is 0 Å². The van der Waals surface area contributed by atoms with Crippen molar-refractivity contribution in [2.24, 2.45) is 0 Å². The molecule has 0 saturated carbocycles. The Hall–Kier alpha value is -4.39. The van der Waals surface area contributed by atoms with E-state index in [2.05, 4.69) is 41.4 Å². The quantitative estimate of drug-likeness (QED) is 0.333. The molecular formula is C33H33N3O4. The average Bonchev–Trinajstić information content (AvgIpc) is 3.22. The number of nitrogens with zero attached hydrogens (tertiary/aromatic N) is 2. The second-order valence-electron chi connectivity index (χ2n) is 11.2. The van der Waals surface area contributed by atoms with E-state index < -0.39 is 5.97 Å². The van der Waals surface area contributed by atoms with Gasteiger partial charge in [0.15, 0.2) is 0 Å². The van der Waals surface area contributed by atoms with Gasteiger partial charge in [-0.05, 0) is 83.7 Å². The fraction of sp³-hybridized carbons (Fsp3) is 0.303. The number of rotatable bonds is 5. The van der Waals surface area contributed by atoms with E-state index in [0.717, 1.165) is 65.4 Å². The third-order valence-electron chi connectivity index (χ3n) is 8.81. The molecule has 7 heteroatoms. The molecule has 204 valence electrons. The number of pyridine rings is 1. The molecule has 40 heavy (non-hydrogen) atoms. The topological polar surface area (TPSA) is 106 Å². The van der Waals surface area contributed by atoms with E-state index >= 15 is 0 Å². The first-order valence-corrected chi connectivity index (χ1v) is 13.8. The van der Waals surface area contributed by atoms with Crippen LogP contribution in [0.15, 0.2) is 66.9 Å². The highest BCUT2D eigenvalue weighted by molar-refractivity contribution is 5.94. The number of nitrogen functional groups attached to an aromatic ring is 1. The molecule has 6 rings (SSSR count). The molecule has 1 spiro atoms. The van der Waals surface area contributed by atoms with Gasteiger partial charge in [-0.15, -0.1) is 0 Å². The van der Waals surface area contributed by atoms with E-state index in [1.807, 2.05) is 36.1 Å². The van der Waals surface area contributed by atoms with Crippen molar-refractivity contribution in [3.63, 3.8) is 0 Å². The van der Waals surface area contributed by atoms with E-state index in [9.17, 15) is 14.7 Å². The number of benzene rings is 3. The van der Waals surface area contributed by atoms with Crippen molar-refractivity contribution in [1.82, 2.24) is 9.88 Å². The van der Waals surface area contributed by atoms with Crippen LogP contribution in [0, 0.1) is 6.92 Å². The highest BCUT2D eigenvalue weighted by atomic mass is 16.5. The lowest BCUT2D eigenvalue weighted by atomic mass is 9.73. The van der Waals surface area contributed by atoms with Gasteiger partial charge in [0, 0.05) is 42.6 Å². The van der Waals surface area contributed by atoms with Gasteiger partial charge in [-0.2, -0.15) is 0 Å². The second-order valence-corrected chi connectivity index (χ2v) is 11.2. The number of anilines is 1. The van der Waals surface area contributed by atoms with Crippen LogP contribution in [-0.4, -0.2) is 40.0 Å². The summed E-state index contributed by atoms with van der Waals surface area (Å²) in [5, 5.41) is 11.5. The SMILES string of the molecule is CC(=O)N1CCC2(CC1)CC(Oc1cccc(C)c1CC(=O)O)c1cc(-c3ccc4ccnc(N)c4c3)ccc12. The van der Waals surface area contributed by atoms with Crippen LogP contribution in [0.5, 0.6) is 5.75 Å². The summed E-state index contributed by atoms with van der Waals surface area (Å²) in [6.45, 7) is 4.99. The Labute approximate surface area is 233 Å². The number of carboxylic acids is 1. The normalized spacial score (nSPS) is 17.6. The molecule has 1 unspecified atom stereocenters. The average molecular weight is 536 g/mol. The van der Waals surface area contributed by atoms with Gasteiger partial charge in [0.05, 0.1) is 6.42 Å². The second kappa shape index (κ2) is 9.97. The van der Waals surface area contributed by atoms with Gasteiger partial charge in [-0.25, -0.2) is 4.98 Å². The molecule has 1 aliphatic carbocycles. The maximum Gasteiger partial charge on any atom is 0.307 e. The van der Waals surface area contributed by atoms with Gasteiger partial charge in [-0.1, -0.05) is 36.4 Å². The lowest BCUT2D eigenvalue weighted by Gasteiger charge is -2.40. The molecule has 1 aromatic heterocycles. The Morgan fingerprint density at radius 1 is 1.07 bits per heavy atom. The first-order chi connectivity index (χ1) is 19.2. The highest BCUT2D eigenvalue weighted by Gasteiger charge is 2.47. The largest absolute Gasteiger partial charge is 0.485 e. The van der Waals surface area contributed by atoms with Gasteiger partial charge < -0.3 is 20.5 Å². The zero-order valence-electron chi connectivity index (χ0n) is 22.8. The summed E-state index contributed by atoms with van der Waals surface area (Å²) in [5.74, 6) is 0.348. The van der Waals surface area contributed by atoms with E-state index in [1.165, 1.54) is 5.56 Å². The van der Waals surface area contributed by atoms with Gasteiger partial charge in [-0.3, -0.25) is 9.59 Å². The molecule has 1 atom stereocenters. The van der Waals surface area contributed by atoms with Crippen molar-refractivity contribution >= 4 is 28.5 Å². The highest BCUT2D eigenvalue weighted by Crippen LogP contribution is 2.53. The summed E-state index contributed by atoms with van der Waals surface area (Å²) in [4.78, 5) is 29.9. The molecule has 0 radical (unpaired) electrons. The number of aromatic nitrogens is 1. The van der Waals surface area contributed by atoms with E-state index in [0.29, 0.717) is 17.1 Å². The first kappa shape index (κ1) is 25.9. The van der Waals surface area contributed by atoms with Crippen LogP contribution < -0.4 is 10.5 Å². The number of ether oxygens (including phenoxy) is 1. The standard InChI is InChI=1S/C33H33N3O4/c1-20-4-3-5-29(25(20)18-31(38)39)40-30-19-33(11-14-36(15-12-33)21(2)37)28-9-8-24(17-27(28)30)23-7-6-22-10-13-35-32(34)26(22)16-23/h3-10,13,16-17,30H,11-12,14-15,18-19H2,1-2H3,(H2,34,35)(H,38,39). The van der Waals surface area contributed by atoms with Crippen LogP contribution in [0.3, 0.4) is 0 Å². The lowest BCUT2D eigenvalue weighted by molar-refractivity contribution is -0.136. The molecule has 2 aliphatic rings. The van der Waals surface area contributed by atoms with E-state index in [1.54, 1.807) is 13.1 Å². The number of amides is 1. The van der Waals surface area contributed by atoms with E-state index in [4.69, 9.17) is 10.5 Å². The number of piperidine rings is 1. The van der Waals surface area contributed by atoms with Gasteiger partial charge >= 0.3 is 5.97 Å². The molecule has 1 saturated heterocycles. The maximum absolute atomic E-state index is 12.1. The number of aliphatic carboxylic acids is 1. The number of hydrogen-bond donors (Lipinski definition) is 2. The fourth-order valence-corrected chi connectivity index (χ4v) is 6.58. The fourth-order valence-electron chi connectivity index (χ4n) is 6.58. The number of hydrogen-bond acceptors (Lipinski definition) is 5. The van der Waals surface area contributed by atoms with Crippen molar-refractivity contribution in [3.8, 4) is 16.9 Å². The summed E-state index contributed by atoms with van der Waals surface area (Å²) < 4.78 is 6.72. The molecule has 1 amide bonds. The Bertz CT molecular complexity index is 1640. The molecular weight excluding hydrogens is 502 g/mol. The molecule has 4 aromatic rings. The number of fused-ring (bicyclic) bond motifs is 3. The lowest BCUT2D eigenvalue weighted by Crippen LogP contribution is -2.43. The number of carbonyl (C=O) groups is 2. The predicted molar refractivity (Wildman–Crippen MR) is 155 cm³/mol. The van der Waals surface area contributed by atoms with E-state index in [-0.39, 0.29) is 23.8 Å². The molecule has 1 fully saturated rings. The van der Waals surface area contributed by atoms with Crippen molar-refractivity contribution in [1.29, 1.82) is 0 Å². The van der Waals surface area contributed by atoms with Crippen molar-refractivity contribution in [3.05, 3.63) is 89.1 Å². The summed E-state index contributed by atoms with van der Waals surface area (Å²) in [5.41, 5.74) is 12.2.